The Morgan fingerprint density at radius 2 is 1.79 bits per heavy atom. The Morgan fingerprint density at radius 3 is 2.33 bits per heavy atom. The largest absolute Gasteiger partial charge is 0.456 e. The lowest BCUT2D eigenvalue weighted by atomic mass is 9.92. The molecule has 1 aromatic rings. The van der Waals surface area contributed by atoms with E-state index < -0.39 is 14.3 Å². The third kappa shape index (κ3) is 5.03. The van der Waals surface area contributed by atoms with E-state index in [2.05, 4.69) is 52.6 Å². The zero-order valence-electron chi connectivity index (χ0n) is 21.2. The summed E-state index contributed by atoms with van der Waals surface area (Å²) < 4.78 is 12.2. The Hall–Kier alpha value is -1.77. The van der Waals surface area contributed by atoms with E-state index in [1.807, 2.05) is 37.3 Å². The number of carbonyl (C=O) groups is 2. The highest BCUT2D eigenvalue weighted by Crippen LogP contribution is 2.52. The summed E-state index contributed by atoms with van der Waals surface area (Å²) in [6.07, 6.45) is -0.204. The third-order valence-corrected chi connectivity index (χ3v) is 13.0. The molecular weight excluding hydrogens is 452 g/mol. The summed E-state index contributed by atoms with van der Waals surface area (Å²) >= 11 is 1.59. The van der Waals surface area contributed by atoms with Gasteiger partial charge in [-0.05, 0) is 44.5 Å². The molecule has 0 bridgehead atoms. The van der Waals surface area contributed by atoms with E-state index in [1.165, 1.54) is 0 Å². The van der Waals surface area contributed by atoms with Gasteiger partial charge in [-0.3, -0.25) is 9.69 Å². The fourth-order valence-corrected chi connectivity index (χ4v) is 7.14. The molecule has 1 amide bonds. The molecular formula is C25H38N2O4SSi. The second kappa shape index (κ2) is 9.84. The molecule has 6 nitrogen and oxygen atoms in total. The molecule has 2 aliphatic rings. The molecule has 0 radical (unpaired) electrons. The van der Waals surface area contributed by atoms with E-state index in [4.69, 9.17) is 9.16 Å². The van der Waals surface area contributed by atoms with Crippen molar-refractivity contribution in [3.63, 3.8) is 0 Å². The molecule has 2 aliphatic heterocycles. The number of fused-ring (bicyclic) bond motifs is 1. The molecule has 0 spiro atoms. The first-order valence-electron chi connectivity index (χ1n) is 11.8. The van der Waals surface area contributed by atoms with Crippen LogP contribution in [0.4, 0.5) is 0 Å². The van der Waals surface area contributed by atoms with Crippen molar-refractivity contribution in [1.29, 1.82) is 0 Å². The first kappa shape index (κ1) is 25.8. The highest BCUT2D eigenvalue weighted by Gasteiger charge is 2.59. The van der Waals surface area contributed by atoms with Gasteiger partial charge in [0.2, 0.25) is 5.91 Å². The lowest BCUT2D eigenvalue weighted by molar-refractivity contribution is -0.158. The predicted molar refractivity (Wildman–Crippen MR) is 136 cm³/mol. The first-order chi connectivity index (χ1) is 15.4. The van der Waals surface area contributed by atoms with Gasteiger partial charge in [0, 0.05) is 13.1 Å². The average molecular weight is 491 g/mol. The molecule has 3 atom stereocenters. The second-order valence-corrected chi connectivity index (χ2v) is 16.1. The minimum Gasteiger partial charge on any atom is -0.456 e. The van der Waals surface area contributed by atoms with Crippen molar-refractivity contribution in [2.24, 2.45) is 5.92 Å². The molecule has 0 N–H and O–H groups in total. The quantitative estimate of drug-likeness (QED) is 0.270. The predicted octanol–water partition coefficient (Wildman–Crippen LogP) is 5.18. The number of esters is 1. The van der Waals surface area contributed by atoms with E-state index in [0.29, 0.717) is 5.70 Å². The standard InChI is InChI=1S/C25H38N2O4SSi/c1-9-26(10-2)23-20(24(29)30-16-18-14-12-11-13-15-18)27-21(28)19(22(27)32-23)17(3)31-33(7,8)25(4,5)6/h11-15,17,19,22H,9-10,16H2,1-8H3/t17-,19-,22+/m0/s1. The summed E-state index contributed by atoms with van der Waals surface area (Å²) in [7, 11) is -2.02. The number of hydrogen-bond donors (Lipinski definition) is 0. The number of ether oxygens (including phenoxy) is 1. The Kier molecular flexibility index (Phi) is 7.71. The minimum absolute atomic E-state index is 0.0486. The van der Waals surface area contributed by atoms with E-state index >= 15 is 0 Å². The molecule has 8 heteroatoms. The Labute approximate surface area is 203 Å². The maximum Gasteiger partial charge on any atom is 0.358 e. The van der Waals surface area contributed by atoms with Gasteiger partial charge in [0.15, 0.2) is 14.0 Å². The van der Waals surface area contributed by atoms with E-state index in [0.717, 1.165) is 23.7 Å². The number of amides is 1. The smallest absolute Gasteiger partial charge is 0.358 e. The van der Waals surface area contributed by atoms with Gasteiger partial charge >= 0.3 is 5.97 Å². The van der Waals surface area contributed by atoms with Crippen LogP contribution in [-0.4, -0.2) is 54.6 Å². The van der Waals surface area contributed by atoms with Crippen molar-refractivity contribution in [3.05, 3.63) is 46.6 Å². The van der Waals surface area contributed by atoms with Crippen molar-refractivity contribution in [2.75, 3.05) is 13.1 Å². The summed E-state index contributed by atoms with van der Waals surface area (Å²) in [4.78, 5) is 30.3. The zero-order chi connectivity index (χ0) is 24.6. The topological polar surface area (TPSA) is 59.1 Å². The lowest BCUT2D eigenvalue weighted by Crippen LogP contribution is -2.62. The Balaban J connectivity index is 1.80. The highest BCUT2D eigenvalue weighted by atomic mass is 32.2. The van der Waals surface area contributed by atoms with Gasteiger partial charge in [-0.25, -0.2) is 4.79 Å². The van der Waals surface area contributed by atoms with Gasteiger partial charge in [0.05, 0.1) is 12.0 Å². The van der Waals surface area contributed by atoms with Crippen LogP contribution in [0.2, 0.25) is 18.1 Å². The summed E-state index contributed by atoms with van der Waals surface area (Å²) in [5.41, 5.74) is 1.30. The van der Waals surface area contributed by atoms with Crippen LogP contribution in [0.25, 0.3) is 0 Å². The summed E-state index contributed by atoms with van der Waals surface area (Å²) in [6.45, 7) is 18.8. The van der Waals surface area contributed by atoms with Crippen molar-refractivity contribution in [2.45, 2.75) is 77.8 Å². The average Bonchev–Trinajstić information content (AvgIpc) is 3.07. The SMILES string of the molecule is CCN(CC)C1=C(C(=O)OCc2ccccc2)N2C(=O)[C@H]([C@H](C)O[Si](C)(C)C(C)(C)C)[C@H]2S1. The number of thioether (sulfide) groups is 1. The van der Waals surface area contributed by atoms with Crippen molar-refractivity contribution >= 4 is 32.0 Å². The minimum atomic E-state index is -2.02. The van der Waals surface area contributed by atoms with Gasteiger partial charge in [-0.15, -0.1) is 0 Å². The van der Waals surface area contributed by atoms with Crippen LogP contribution in [0, 0.1) is 5.92 Å². The van der Waals surface area contributed by atoms with Crippen LogP contribution < -0.4 is 0 Å². The summed E-state index contributed by atoms with van der Waals surface area (Å²) in [5.74, 6) is -0.762. The molecule has 2 heterocycles. The molecule has 33 heavy (non-hydrogen) atoms. The molecule has 1 aromatic carbocycles. The van der Waals surface area contributed by atoms with Gasteiger partial charge in [-0.1, -0.05) is 62.9 Å². The second-order valence-electron chi connectivity index (χ2n) is 10.2. The van der Waals surface area contributed by atoms with Crippen LogP contribution >= 0.6 is 11.8 Å². The molecule has 0 aliphatic carbocycles. The van der Waals surface area contributed by atoms with E-state index in [9.17, 15) is 9.59 Å². The normalized spacial score (nSPS) is 21.6. The Bertz CT molecular complexity index is 909. The lowest BCUT2D eigenvalue weighted by Gasteiger charge is -2.48. The maximum absolute atomic E-state index is 13.3. The number of carbonyl (C=O) groups excluding carboxylic acids is 2. The van der Waals surface area contributed by atoms with Gasteiger partial charge in [-0.2, -0.15) is 0 Å². The van der Waals surface area contributed by atoms with E-state index in [1.54, 1.807) is 16.7 Å². The molecule has 182 valence electrons. The van der Waals surface area contributed by atoms with Crippen LogP contribution in [0.15, 0.2) is 41.1 Å². The number of benzene rings is 1. The molecule has 0 aromatic heterocycles. The molecule has 0 saturated carbocycles. The van der Waals surface area contributed by atoms with Crippen molar-refractivity contribution in [1.82, 2.24) is 9.80 Å². The van der Waals surface area contributed by atoms with Crippen molar-refractivity contribution < 1.29 is 18.8 Å². The fourth-order valence-electron chi connectivity index (χ4n) is 3.98. The molecule has 1 saturated heterocycles. The van der Waals surface area contributed by atoms with Gasteiger partial charge in [0.25, 0.3) is 0 Å². The number of hydrogen-bond acceptors (Lipinski definition) is 6. The van der Waals surface area contributed by atoms with E-state index in [-0.39, 0.29) is 34.9 Å². The van der Waals surface area contributed by atoms with Crippen molar-refractivity contribution in [3.8, 4) is 0 Å². The van der Waals surface area contributed by atoms with Gasteiger partial charge in [0.1, 0.15) is 17.0 Å². The van der Waals surface area contributed by atoms with Crippen LogP contribution in [0.1, 0.15) is 47.1 Å². The Morgan fingerprint density at radius 1 is 1.18 bits per heavy atom. The first-order valence-corrected chi connectivity index (χ1v) is 15.6. The van der Waals surface area contributed by atoms with Gasteiger partial charge < -0.3 is 14.1 Å². The van der Waals surface area contributed by atoms with Crippen LogP contribution in [-0.2, 0) is 25.4 Å². The number of rotatable bonds is 9. The number of nitrogens with zero attached hydrogens (tertiary/aromatic N) is 2. The van der Waals surface area contributed by atoms with Crippen LogP contribution in [0.5, 0.6) is 0 Å². The zero-order valence-corrected chi connectivity index (χ0v) is 23.0. The summed E-state index contributed by atoms with van der Waals surface area (Å²) in [6, 6.07) is 9.60. The summed E-state index contributed by atoms with van der Waals surface area (Å²) in [5, 5.41) is 0.763. The fraction of sp³-hybridized carbons (Fsp3) is 0.600. The van der Waals surface area contributed by atoms with Crippen LogP contribution in [0.3, 0.4) is 0 Å². The molecule has 1 fully saturated rings. The highest BCUT2D eigenvalue weighted by molar-refractivity contribution is 8.04. The number of β-lactam (4-membered cyclic amide) rings is 1. The third-order valence-electron chi connectivity index (χ3n) is 7.01. The molecule has 3 rings (SSSR count). The molecule has 0 unspecified atom stereocenters. The monoisotopic (exact) mass is 490 g/mol. The maximum atomic E-state index is 13.3.